The van der Waals surface area contributed by atoms with Crippen LogP contribution in [0.5, 0.6) is 0 Å². The summed E-state index contributed by atoms with van der Waals surface area (Å²) in [6.45, 7) is 0.698. The molecular formula is C10H16F3N3O2. The molecule has 104 valence electrons. The minimum absolute atomic E-state index is 0.0566. The molecule has 0 bridgehead atoms. The summed E-state index contributed by atoms with van der Waals surface area (Å²) in [6.07, 6.45) is -2.65. The van der Waals surface area contributed by atoms with Gasteiger partial charge in [-0.3, -0.25) is 0 Å². The van der Waals surface area contributed by atoms with Gasteiger partial charge in [-0.1, -0.05) is 18.5 Å². The molecule has 0 aliphatic rings. The van der Waals surface area contributed by atoms with Gasteiger partial charge in [-0.05, 0) is 6.42 Å². The van der Waals surface area contributed by atoms with E-state index in [1.165, 1.54) is 0 Å². The predicted molar refractivity (Wildman–Crippen MR) is 56.7 cm³/mol. The zero-order valence-corrected chi connectivity index (χ0v) is 10.0. The molecule has 0 amide bonds. The molecule has 0 saturated carbocycles. The van der Waals surface area contributed by atoms with E-state index in [1.54, 1.807) is 0 Å². The second-order valence-corrected chi connectivity index (χ2v) is 3.88. The molecule has 0 radical (unpaired) electrons. The number of ether oxygens (including phenoxy) is 1. The zero-order valence-electron chi connectivity index (χ0n) is 10.0. The lowest BCUT2D eigenvalue weighted by Gasteiger charge is -2.07. The molecule has 1 heterocycles. The Bertz CT molecular complexity index is 354. The van der Waals surface area contributed by atoms with Crippen LogP contribution in [0.3, 0.4) is 0 Å². The number of rotatable bonds is 7. The number of nitrogens with two attached hydrogens (primary N) is 1. The minimum Gasteiger partial charge on any atom is -0.364 e. The van der Waals surface area contributed by atoms with Gasteiger partial charge >= 0.3 is 6.18 Å². The van der Waals surface area contributed by atoms with Crippen LogP contribution in [-0.4, -0.2) is 29.5 Å². The monoisotopic (exact) mass is 267 g/mol. The van der Waals surface area contributed by atoms with Crippen LogP contribution in [0, 0.1) is 0 Å². The third-order valence-corrected chi connectivity index (χ3v) is 2.25. The fourth-order valence-electron chi connectivity index (χ4n) is 1.44. The second kappa shape index (κ2) is 6.69. The van der Waals surface area contributed by atoms with E-state index in [2.05, 4.69) is 14.9 Å². The van der Waals surface area contributed by atoms with Gasteiger partial charge in [-0.25, -0.2) is 0 Å². The molecule has 0 saturated heterocycles. The van der Waals surface area contributed by atoms with Crippen LogP contribution in [-0.2, 0) is 11.3 Å². The fourth-order valence-corrected chi connectivity index (χ4v) is 1.44. The molecule has 0 aliphatic heterocycles. The van der Waals surface area contributed by atoms with Gasteiger partial charge in [0.2, 0.25) is 5.89 Å². The standard InChI is InChI=1S/C10H16F3N3O2/c1-2-3-7(4-14)9-15-8(16-18-9)5-17-6-10(11,12)13/h7H,2-6,14H2,1H3. The summed E-state index contributed by atoms with van der Waals surface area (Å²) in [4.78, 5) is 3.97. The number of alkyl halides is 3. The van der Waals surface area contributed by atoms with E-state index >= 15 is 0 Å². The Hall–Kier alpha value is -1.15. The molecule has 1 aromatic heterocycles. The molecule has 0 spiro atoms. The second-order valence-electron chi connectivity index (χ2n) is 3.88. The summed E-state index contributed by atoms with van der Waals surface area (Å²) in [5.41, 5.74) is 5.55. The van der Waals surface area contributed by atoms with Gasteiger partial charge in [0.1, 0.15) is 13.2 Å². The number of hydrogen-bond acceptors (Lipinski definition) is 5. The smallest absolute Gasteiger partial charge is 0.364 e. The predicted octanol–water partition coefficient (Wildman–Crippen LogP) is 1.99. The summed E-state index contributed by atoms with van der Waals surface area (Å²) >= 11 is 0. The van der Waals surface area contributed by atoms with E-state index in [0.29, 0.717) is 12.4 Å². The Morgan fingerprint density at radius 1 is 1.44 bits per heavy atom. The molecule has 8 heteroatoms. The first-order valence-corrected chi connectivity index (χ1v) is 5.63. The average Bonchev–Trinajstić information content (AvgIpc) is 2.72. The first-order chi connectivity index (χ1) is 8.46. The maximum atomic E-state index is 11.8. The van der Waals surface area contributed by atoms with Crippen molar-refractivity contribution in [3.63, 3.8) is 0 Å². The highest BCUT2D eigenvalue weighted by atomic mass is 19.4. The minimum atomic E-state index is -4.35. The van der Waals surface area contributed by atoms with Gasteiger partial charge in [0.15, 0.2) is 5.82 Å². The highest BCUT2D eigenvalue weighted by Crippen LogP contribution is 2.19. The zero-order chi connectivity index (χ0) is 13.6. The lowest BCUT2D eigenvalue weighted by molar-refractivity contribution is -0.177. The topological polar surface area (TPSA) is 74.2 Å². The Balaban J connectivity index is 2.47. The van der Waals surface area contributed by atoms with Crippen molar-refractivity contribution in [1.29, 1.82) is 0 Å². The van der Waals surface area contributed by atoms with E-state index in [9.17, 15) is 13.2 Å². The van der Waals surface area contributed by atoms with Gasteiger partial charge in [0.05, 0.1) is 5.92 Å². The van der Waals surface area contributed by atoms with Crippen LogP contribution in [0.1, 0.15) is 37.4 Å². The van der Waals surface area contributed by atoms with E-state index in [-0.39, 0.29) is 18.3 Å². The molecular weight excluding hydrogens is 251 g/mol. The summed E-state index contributed by atoms with van der Waals surface area (Å²) in [5.74, 6) is 0.396. The van der Waals surface area contributed by atoms with Crippen molar-refractivity contribution in [2.45, 2.75) is 38.5 Å². The average molecular weight is 267 g/mol. The van der Waals surface area contributed by atoms with E-state index in [4.69, 9.17) is 10.3 Å². The molecule has 1 rings (SSSR count). The molecule has 2 N–H and O–H groups in total. The van der Waals surface area contributed by atoms with Crippen molar-refractivity contribution < 1.29 is 22.4 Å². The van der Waals surface area contributed by atoms with Crippen LogP contribution < -0.4 is 5.73 Å². The number of hydrogen-bond donors (Lipinski definition) is 1. The van der Waals surface area contributed by atoms with Gasteiger partial charge in [0, 0.05) is 6.54 Å². The van der Waals surface area contributed by atoms with E-state index in [0.717, 1.165) is 12.8 Å². The highest BCUT2D eigenvalue weighted by molar-refractivity contribution is 4.93. The van der Waals surface area contributed by atoms with Gasteiger partial charge in [-0.2, -0.15) is 18.2 Å². The molecule has 5 nitrogen and oxygen atoms in total. The van der Waals surface area contributed by atoms with Gasteiger partial charge in [-0.15, -0.1) is 0 Å². The molecule has 1 aromatic rings. The largest absolute Gasteiger partial charge is 0.411 e. The normalized spacial score (nSPS) is 13.8. The van der Waals surface area contributed by atoms with Crippen molar-refractivity contribution in [3.8, 4) is 0 Å². The van der Waals surface area contributed by atoms with E-state index in [1.807, 2.05) is 6.92 Å². The van der Waals surface area contributed by atoms with Crippen molar-refractivity contribution in [2.24, 2.45) is 5.73 Å². The van der Waals surface area contributed by atoms with Crippen LogP contribution in [0.25, 0.3) is 0 Å². The SMILES string of the molecule is CCCC(CN)c1nc(COCC(F)(F)F)no1. The molecule has 0 aromatic carbocycles. The van der Waals surface area contributed by atoms with Crippen LogP contribution in [0.2, 0.25) is 0 Å². The highest BCUT2D eigenvalue weighted by Gasteiger charge is 2.27. The number of aromatic nitrogens is 2. The molecule has 0 aliphatic carbocycles. The Morgan fingerprint density at radius 2 is 2.17 bits per heavy atom. The number of halogens is 3. The Morgan fingerprint density at radius 3 is 2.72 bits per heavy atom. The maximum absolute atomic E-state index is 11.8. The molecule has 18 heavy (non-hydrogen) atoms. The van der Waals surface area contributed by atoms with Crippen LogP contribution in [0.15, 0.2) is 4.52 Å². The van der Waals surface area contributed by atoms with Gasteiger partial charge < -0.3 is 15.0 Å². The summed E-state index contributed by atoms with van der Waals surface area (Å²) in [6, 6.07) is 0. The van der Waals surface area contributed by atoms with E-state index < -0.39 is 12.8 Å². The quantitative estimate of drug-likeness (QED) is 0.817. The Labute approximate surface area is 102 Å². The molecule has 0 fully saturated rings. The third-order valence-electron chi connectivity index (χ3n) is 2.25. The summed E-state index contributed by atoms with van der Waals surface area (Å²) in [7, 11) is 0. The van der Waals surface area contributed by atoms with Crippen LogP contribution in [0.4, 0.5) is 13.2 Å². The lowest BCUT2D eigenvalue weighted by atomic mass is 10.0. The van der Waals surface area contributed by atoms with Gasteiger partial charge in [0.25, 0.3) is 0 Å². The van der Waals surface area contributed by atoms with Crippen LogP contribution >= 0.6 is 0 Å². The van der Waals surface area contributed by atoms with Crippen molar-refractivity contribution in [2.75, 3.05) is 13.2 Å². The maximum Gasteiger partial charge on any atom is 0.411 e. The summed E-state index contributed by atoms with van der Waals surface area (Å²) in [5, 5.41) is 3.55. The molecule has 1 unspecified atom stereocenters. The van der Waals surface area contributed by atoms with Crippen molar-refractivity contribution in [3.05, 3.63) is 11.7 Å². The third kappa shape index (κ3) is 5.01. The fraction of sp³-hybridized carbons (Fsp3) is 0.800. The first kappa shape index (κ1) is 14.9. The van der Waals surface area contributed by atoms with Crippen molar-refractivity contribution >= 4 is 0 Å². The summed E-state index contributed by atoms with van der Waals surface area (Å²) < 4.78 is 44.9. The first-order valence-electron chi connectivity index (χ1n) is 5.63. The molecule has 1 atom stereocenters. The lowest BCUT2D eigenvalue weighted by Crippen LogP contribution is -2.17. The number of nitrogens with zero attached hydrogens (tertiary/aromatic N) is 2. The Kier molecular flexibility index (Phi) is 5.54. The van der Waals surface area contributed by atoms with Crippen molar-refractivity contribution in [1.82, 2.24) is 10.1 Å².